The molecule has 36 heavy (non-hydrogen) atoms. The van der Waals surface area contributed by atoms with Crippen molar-refractivity contribution in [1.82, 2.24) is 4.98 Å². The molecule has 1 aliphatic heterocycles. The normalized spacial score (nSPS) is 22.1. The number of H-pyrrole nitrogens is 1. The van der Waals surface area contributed by atoms with Crippen LogP contribution in [0.4, 0.5) is 0 Å². The minimum atomic E-state index is -0.403. The Hall–Kier alpha value is -2.64. The largest absolute Gasteiger partial charge is 0.493 e. The van der Waals surface area contributed by atoms with Gasteiger partial charge in [-0.05, 0) is 62.6 Å². The Morgan fingerprint density at radius 2 is 1.92 bits per heavy atom. The number of ketones is 1. The highest BCUT2D eigenvalue weighted by Gasteiger charge is 2.40. The Morgan fingerprint density at radius 1 is 1.14 bits per heavy atom. The summed E-state index contributed by atoms with van der Waals surface area (Å²) in [6.45, 7) is 10.5. The quantitative estimate of drug-likeness (QED) is 0.374. The number of esters is 1. The van der Waals surface area contributed by atoms with Crippen LogP contribution < -0.4 is 4.74 Å². The molecule has 0 unspecified atom stereocenters. The summed E-state index contributed by atoms with van der Waals surface area (Å²) in [4.78, 5) is 28.5. The van der Waals surface area contributed by atoms with E-state index in [1.165, 1.54) is 6.92 Å². The fraction of sp³-hybridized carbons (Fsp3) is 0.448. The molecule has 7 heteroatoms. The van der Waals surface area contributed by atoms with Crippen LogP contribution in [0.15, 0.2) is 40.9 Å². The lowest BCUT2D eigenvalue weighted by molar-refractivity contribution is -0.172. The Balaban J connectivity index is 1.40. The number of benzene rings is 2. The number of nitrogens with one attached hydrogen (secondary N) is 1. The Morgan fingerprint density at radius 3 is 2.67 bits per heavy atom. The molecule has 0 spiro atoms. The zero-order chi connectivity index (χ0) is 25.8. The van der Waals surface area contributed by atoms with E-state index in [0.29, 0.717) is 17.9 Å². The highest BCUT2D eigenvalue weighted by Crippen LogP contribution is 2.45. The van der Waals surface area contributed by atoms with Crippen molar-refractivity contribution >= 4 is 38.6 Å². The van der Waals surface area contributed by atoms with Gasteiger partial charge in [-0.25, -0.2) is 0 Å². The smallest absolute Gasteiger partial charge is 0.302 e. The third-order valence-corrected chi connectivity index (χ3v) is 8.04. The molecule has 5 rings (SSSR count). The zero-order valence-corrected chi connectivity index (χ0v) is 23.0. The maximum atomic E-state index is 13.6. The summed E-state index contributed by atoms with van der Waals surface area (Å²) in [5.41, 5.74) is 3.61. The predicted molar refractivity (Wildman–Crippen MR) is 142 cm³/mol. The maximum Gasteiger partial charge on any atom is 0.302 e. The summed E-state index contributed by atoms with van der Waals surface area (Å²) in [6.07, 6.45) is 1.60. The highest BCUT2D eigenvalue weighted by molar-refractivity contribution is 9.10. The number of hydrogen-bond donors (Lipinski definition) is 1. The van der Waals surface area contributed by atoms with Crippen LogP contribution in [-0.2, 0) is 19.7 Å². The number of carbonyl (C=O) groups excluding carboxylic acids is 2. The van der Waals surface area contributed by atoms with Crippen molar-refractivity contribution in [3.63, 3.8) is 0 Å². The van der Waals surface area contributed by atoms with Gasteiger partial charge in [0, 0.05) is 44.9 Å². The molecule has 1 N–H and O–H groups in total. The van der Waals surface area contributed by atoms with Crippen LogP contribution in [0, 0.1) is 5.92 Å². The van der Waals surface area contributed by atoms with E-state index in [0.717, 1.165) is 45.0 Å². The zero-order valence-electron chi connectivity index (χ0n) is 21.4. The van der Waals surface area contributed by atoms with Crippen molar-refractivity contribution in [2.24, 2.45) is 5.92 Å². The summed E-state index contributed by atoms with van der Waals surface area (Å²) in [6, 6.07) is 11.7. The van der Waals surface area contributed by atoms with E-state index in [1.54, 1.807) is 0 Å². The lowest BCUT2D eigenvalue weighted by atomic mass is 9.71. The fourth-order valence-electron chi connectivity index (χ4n) is 5.52. The van der Waals surface area contributed by atoms with Gasteiger partial charge in [0.1, 0.15) is 12.4 Å². The van der Waals surface area contributed by atoms with Crippen LogP contribution >= 0.6 is 15.9 Å². The number of halogens is 1. The van der Waals surface area contributed by atoms with Gasteiger partial charge in [-0.1, -0.05) is 35.8 Å². The van der Waals surface area contributed by atoms with Gasteiger partial charge in [0.15, 0.2) is 5.78 Å². The average Bonchev–Trinajstić information content (AvgIpc) is 3.20. The molecule has 1 aromatic heterocycles. The van der Waals surface area contributed by atoms with Gasteiger partial charge >= 0.3 is 5.97 Å². The molecule has 2 aliphatic rings. The predicted octanol–water partition coefficient (Wildman–Crippen LogP) is 6.32. The number of carbonyl (C=O) groups is 2. The molecule has 2 atom stereocenters. The van der Waals surface area contributed by atoms with Gasteiger partial charge in [0.25, 0.3) is 0 Å². The molecule has 0 amide bonds. The third-order valence-electron chi connectivity index (χ3n) is 7.55. The van der Waals surface area contributed by atoms with Gasteiger partial charge < -0.3 is 19.2 Å². The lowest BCUT2D eigenvalue weighted by Crippen LogP contribution is -2.45. The SMILES string of the molecule is CC(=O)OC[C@H]1OC(C)(C)CC[C@@H]1COc1ccc2c(c1)C(C)(C)c1[nH]c3cc(Br)ccc3c1C2=O. The lowest BCUT2D eigenvalue weighted by Gasteiger charge is -2.40. The second kappa shape index (κ2) is 9.03. The molecule has 2 aromatic carbocycles. The van der Waals surface area contributed by atoms with Gasteiger partial charge in [0.05, 0.1) is 23.9 Å². The molecule has 1 fully saturated rings. The second-order valence-corrected chi connectivity index (χ2v) is 12.0. The standard InChI is InChI=1S/C29H32BrNO5/c1-16(32)34-15-24-17(10-11-28(2,3)36-24)14-35-19-7-9-20-22(13-19)29(4,5)27-25(26(20)33)21-8-6-18(30)12-23(21)31-27/h6-9,12-13,17,24,31H,10-11,14-15H2,1-5H3/t17-,24-/m1/s1. The molecule has 2 heterocycles. The Kier molecular flexibility index (Phi) is 6.28. The van der Waals surface area contributed by atoms with E-state index in [1.807, 2.05) is 36.4 Å². The van der Waals surface area contributed by atoms with Crippen molar-refractivity contribution in [2.75, 3.05) is 13.2 Å². The first kappa shape index (κ1) is 25.0. The first-order valence-corrected chi connectivity index (χ1v) is 13.2. The van der Waals surface area contributed by atoms with Gasteiger partial charge in [-0.2, -0.15) is 0 Å². The molecule has 0 radical (unpaired) electrons. The summed E-state index contributed by atoms with van der Waals surface area (Å²) >= 11 is 3.53. The summed E-state index contributed by atoms with van der Waals surface area (Å²) in [5.74, 6) is 0.533. The van der Waals surface area contributed by atoms with Gasteiger partial charge in [-0.15, -0.1) is 0 Å². The number of aromatic amines is 1. The first-order valence-electron chi connectivity index (χ1n) is 12.4. The third kappa shape index (κ3) is 4.48. The molecule has 0 saturated carbocycles. The van der Waals surface area contributed by atoms with Crippen LogP contribution in [0.25, 0.3) is 10.9 Å². The Labute approximate surface area is 219 Å². The first-order chi connectivity index (χ1) is 17.0. The van der Waals surface area contributed by atoms with E-state index < -0.39 is 5.41 Å². The number of hydrogen-bond acceptors (Lipinski definition) is 5. The van der Waals surface area contributed by atoms with Crippen molar-refractivity contribution in [3.05, 3.63) is 63.3 Å². The van der Waals surface area contributed by atoms with Gasteiger partial charge in [0.2, 0.25) is 0 Å². The topological polar surface area (TPSA) is 77.6 Å². The van der Waals surface area contributed by atoms with Crippen LogP contribution in [-0.4, -0.2) is 41.7 Å². The molecular weight excluding hydrogens is 522 g/mol. The molecule has 1 saturated heterocycles. The minimum absolute atomic E-state index is 0.0313. The monoisotopic (exact) mass is 553 g/mol. The molecule has 190 valence electrons. The van der Waals surface area contributed by atoms with Crippen LogP contribution in [0.3, 0.4) is 0 Å². The Bertz CT molecular complexity index is 1360. The van der Waals surface area contributed by atoms with Crippen molar-refractivity contribution in [2.45, 2.75) is 64.6 Å². The van der Waals surface area contributed by atoms with E-state index in [2.05, 4.69) is 48.6 Å². The number of rotatable bonds is 5. The molecular formula is C29H32BrNO5. The number of aromatic nitrogens is 1. The highest BCUT2D eigenvalue weighted by atomic mass is 79.9. The minimum Gasteiger partial charge on any atom is -0.493 e. The molecule has 1 aliphatic carbocycles. The molecule has 0 bridgehead atoms. The average molecular weight is 554 g/mol. The van der Waals surface area contributed by atoms with Crippen LogP contribution in [0.2, 0.25) is 0 Å². The fourth-order valence-corrected chi connectivity index (χ4v) is 5.88. The van der Waals surface area contributed by atoms with Crippen molar-refractivity contribution in [3.8, 4) is 5.75 Å². The van der Waals surface area contributed by atoms with Crippen LogP contribution in [0.1, 0.15) is 74.6 Å². The summed E-state index contributed by atoms with van der Waals surface area (Å²) in [7, 11) is 0. The van der Waals surface area contributed by atoms with E-state index in [-0.39, 0.29) is 36.0 Å². The van der Waals surface area contributed by atoms with E-state index in [4.69, 9.17) is 14.2 Å². The molecule has 6 nitrogen and oxygen atoms in total. The molecule has 3 aromatic rings. The summed E-state index contributed by atoms with van der Waals surface area (Å²) < 4.78 is 18.7. The maximum absolute atomic E-state index is 13.6. The van der Waals surface area contributed by atoms with E-state index in [9.17, 15) is 9.59 Å². The number of ether oxygens (including phenoxy) is 3. The van der Waals surface area contributed by atoms with Crippen LogP contribution in [0.5, 0.6) is 5.75 Å². The summed E-state index contributed by atoms with van der Waals surface area (Å²) in [5, 5.41) is 0.941. The van der Waals surface area contributed by atoms with Gasteiger partial charge in [-0.3, -0.25) is 9.59 Å². The van der Waals surface area contributed by atoms with Crippen molar-refractivity contribution < 1.29 is 23.8 Å². The van der Waals surface area contributed by atoms with E-state index >= 15 is 0 Å². The number of fused-ring (bicyclic) bond motifs is 4. The van der Waals surface area contributed by atoms with Crippen molar-refractivity contribution in [1.29, 1.82) is 0 Å². The second-order valence-electron chi connectivity index (χ2n) is 11.1.